The van der Waals surface area contributed by atoms with Crippen LogP contribution in [0.25, 0.3) is 0 Å². The van der Waals surface area contributed by atoms with Crippen LogP contribution in [0.5, 0.6) is 5.75 Å². The topological polar surface area (TPSA) is 140 Å². The third-order valence-corrected chi connectivity index (χ3v) is 6.36. The highest BCUT2D eigenvalue weighted by Gasteiger charge is 2.35. The molecule has 4 heterocycles. The molecule has 4 N–H and O–H groups in total. The van der Waals surface area contributed by atoms with Crippen LogP contribution in [0.3, 0.4) is 0 Å². The summed E-state index contributed by atoms with van der Waals surface area (Å²) in [5.41, 5.74) is 2.70. The fourth-order valence-corrected chi connectivity index (χ4v) is 4.28. The number of fused-ring (bicyclic) bond motifs is 4. The van der Waals surface area contributed by atoms with Gasteiger partial charge in [0, 0.05) is 45.0 Å². The molecule has 226 valence electrons. The lowest BCUT2D eigenvalue weighted by Gasteiger charge is -2.34. The standard InChI is InChI=1S/C18H20N4O.C9H12N2O4.CHF3/c1-21-14-9-10-22(12-14)16-8-7-15(20-17(16)21)18(23)19-11-13-5-3-2-4-6-13;12-4-7(14)5-15-8-1-2-10-9(3-8)11-6-13;2-1(3)4/h2-8,14H,9-12H2,1H3,(H,19,23);1-3,6-7,12,14H,4-5H2,(H,10,11,13);1H. The highest BCUT2D eigenvalue weighted by molar-refractivity contribution is 5.93. The molecule has 1 fully saturated rings. The minimum Gasteiger partial charge on any atom is -0.491 e. The summed E-state index contributed by atoms with van der Waals surface area (Å²) in [6, 6.07) is 17.4. The van der Waals surface area contributed by atoms with Crippen LogP contribution < -0.4 is 25.2 Å². The van der Waals surface area contributed by atoms with Gasteiger partial charge in [0.25, 0.3) is 5.91 Å². The Kier molecular flexibility index (Phi) is 12.3. The summed E-state index contributed by atoms with van der Waals surface area (Å²) >= 11 is 0. The maximum atomic E-state index is 12.4. The van der Waals surface area contributed by atoms with Crippen LogP contribution in [0.1, 0.15) is 22.5 Å². The van der Waals surface area contributed by atoms with E-state index in [0.717, 1.165) is 36.6 Å². The summed E-state index contributed by atoms with van der Waals surface area (Å²) in [5.74, 6) is 1.62. The quantitative estimate of drug-likeness (QED) is 0.277. The number of rotatable bonds is 9. The summed E-state index contributed by atoms with van der Waals surface area (Å²) in [5, 5.41) is 22.9. The van der Waals surface area contributed by atoms with Gasteiger partial charge in [0.15, 0.2) is 5.82 Å². The molecule has 2 aliphatic rings. The molecule has 0 saturated carbocycles. The number of anilines is 3. The Labute approximate surface area is 241 Å². The first-order valence-electron chi connectivity index (χ1n) is 13.0. The summed E-state index contributed by atoms with van der Waals surface area (Å²) < 4.78 is 34.1. The predicted octanol–water partition coefficient (Wildman–Crippen LogP) is 2.60. The van der Waals surface area contributed by atoms with Gasteiger partial charge in [-0.3, -0.25) is 9.59 Å². The van der Waals surface area contributed by atoms with E-state index < -0.39 is 12.8 Å². The van der Waals surface area contributed by atoms with Gasteiger partial charge in [-0.15, -0.1) is 0 Å². The van der Waals surface area contributed by atoms with E-state index in [0.29, 0.717) is 36.3 Å². The molecule has 3 aromatic rings. The van der Waals surface area contributed by atoms with Crippen LogP contribution in [-0.4, -0.2) is 84.7 Å². The SMILES string of the molecule is CN1c2nc(C(=O)NCc3ccccc3)ccc2N2CCC1C2.FC(F)F.O=CNc1cc(OCC(O)CO)ccn1. The van der Waals surface area contributed by atoms with E-state index in [1.165, 1.54) is 12.3 Å². The van der Waals surface area contributed by atoms with Crippen LogP contribution in [0.2, 0.25) is 0 Å². The number of nitrogens with zero attached hydrogens (tertiary/aromatic N) is 4. The summed E-state index contributed by atoms with van der Waals surface area (Å²) in [6.45, 7) is -1.39. The van der Waals surface area contributed by atoms with Crippen molar-refractivity contribution in [2.24, 2.45) is 0 Å². The molecule has 0 aliphatic carbocycles. The second kappa shape index (κ2) is 16.1. The predicted molar refractivity (Wildman–Crippen MR) is 150 cm³/mol. The minimum atomic E-state index is -3.67. The number of benzene rings is 1. The molecule has 0 radical (unpaired) electrons. The van der Waals surface area contributed by atoms with E-state index in [1.807, 2.05) is 42.5 Å². The molecule has 2 amide bonds. The first kappa shape index (κ1) is 32.1. The number of nitrogens with one attached hydrogen (secondary N) is 2. The Bertz CT molecular complexity index is 1290. The minimum absolute atomic E-state index is 0.0129. The van der Waals surface area contributed by atoms with E-state index in [-0.39, 0.29) is 19.1 Å². The zero-order chi connectivity index (χ0) is 30.5. The van der Waals surface area contributed by atoms with Crippen molar-refractivity contribution in [3.8, 4) is 5.75 Å². The molecule has 2 bridgehead atoms. The zero-order valence-electron chi connectivity index (χ0n) is 22.9. The molecule has 2 atom stereocenters. The van der Waals surface area contributed by atoms with Gasteiger partial charge >= 0.3 is 6.68 Å². The first-order valence-corrected chi connectivity index (χ1v) is 13.0. The van der Waals surface area contributed by atoms with Crippen LogP contribution >= 0.6 is 0 Å². The number of halogens is 3. The molecular weight excluding hydrogens is 557 g/mol. The fraction of sp³-hybridized carbons (Fsp3) is 0.357. The van der Waals surface area contributed by atoms with Gasteiger partial charge in [0.2, 0.25) is 6.41 Å². The molecule has 11 nitrogen and oxygen atoms in total. The number of alkyl halides is 3. The number of pyridine rings is 2. The number of hydrogen-bond acceptors (Lipinski definition) is 9. The summed E-state index contributed by atoms with van der Waals surface area (Å²) in [4.78, 5) is 35.6. The first-order chi connectivity index (χ1) is 20.2. The van der Waals surface area contributed by atoms with Crippen molar-refractivity contribution in [2.45, 2.75) is 31.8 Å². The van der Waals surface area contributed by atoms with Gasteiger partial charge in [0.05, 0.1) is 12.3 Å². The lowest BCUT2D eigenvalue weighted by atomic mass is 10.2. The van der Waals surface area contributed by atoms with Crippen LogP contribution in [0.15, 0.2) is 60.8 Å². The van der Waals surface area contributed by atoms with Crippen LogP contribution in [0, 0.1) is 0 Å². The smallest absolute Gasteiger partial charge is 0.379 e. The molecule has 14 heteroatoms. The van der Waals surface area contributed by atoms with Gasteiger partial charge in [-0.25, -0.2) is 9.97 Å². The average Bonchev–Trinajstić information content (AvgIpc) is 3.44. The second-order valence-electron chi connectivity index (χ2n) is 9.24. The van der Waals surface area contributed by atoms with E-state index in [4.69, 9.17) is 14.9 Å². The van der Waals surface area contributed by atoms with Crippen molar-refractivity contribution in [3.05, 3.63) is 72.1 Å². The maximum Gasteiger partial charge on any atom is 0.379 e. The maximum absolute atomic E-state index is 12.4. The van der Waals surface area contributed by atoms with E-state index in [9.17, 15) is 22.8 Å². The molecule has 5 rings (SSSR count). The number of aliphatic hydroxyl groups excluding tert-OH is 2. The Morgan fingerprint density at radius 2 is 1.93 bits per heavy atom. The van der Waals surface area contributed by atoms with E-state index in [2.05, 4.69) is 37.4 Å². The average molecular weight is 591 g/mol. The Morgan fingerprint density at radius 1 is 1.19 bits per heavy atom. The van der Waals surface area contributed by atoms with Crippen molar-refractivity contribution >= 4 is 29.6 Å². The zero-order valence-corrected chi connectivity index (χ0v) is 22.9. The van der Waals surface area contributed by atoms with Crippen molar-refractivity contribution in [3.63, 3.8) is 0 Å². The van der Waals surface area contributed by atoms with Crippen molar-refractivity contribution < 1.29 is 37.7 Å². The van der Waals surface area contributed by atoms with Gasteiger partial charge < -0.3 is 35.4 Å². The molecule has 2 unspecified atom stereocenters. The molecule has 0 spiro atoms. The number of aromatic nitrogens is 2. The lowest BCUT2D eigenvalue weighted by Crippen LogP contribution is -2.40. The molecule has 1 aromatic carbocycles. The number of carbonyl (C=O) groups is 2. The van der Waals surface area contributed by atoms with Crippen molar-refractivity contribution in [2.75, 3.05) is 48.5 Å². The number of likely N-dealkylation sites (N-methyl/N-ethyl adjacent to an activating group) is 1. The van der Waals surface area contributed by atoms with Gasteiger partial charge in [-0.1, -0.05) is 30.3 Å². The number of hydrogen-bond donors (Lipinski definition) is 4. The second-order valence-corrected chi connectivity index (χ2v) is 9.24. The number of amides is 2. The fourth-order valence-electron chi connectivity index (χ4n) is 4.28. The van der Waals surface area contributed by atoms with Crippen LogP contribution in [-0.2, 0) is 11.3 Å². The Balaban J connectivity index is 0.000000220. The normalized spacial score (nSPS) is 15.4. The van der Waals surface area contributed by atoms with Crippen molar-refractivity contribution in [1.82, 2.24) is 15.3 Å². The Hall–Kier alpha value is -4.43. The molecule has 1 saturated heterocycles. The molecule has 2 aliphatic heterocycles. The van der Waals surface area contributed by atoms with Crippen LogP contribution in [0.4, 0.5) is 30.5 Å². The van der Waals surface area contributed by atoms with E-state index >= 15 is 0 Å². The Morgan fingerprint density at radius 3 is 2.62 bits per heavy atom. The van der Waals surface area contributed by atoms with Crippen molar-refractivity contribution in [1.29, 1.82) is 0 Å². The summed E-state index contributed by atoms with van der Waals surface area (Å²) in [6.07, 6.45) is 2.21. The lowest BCUT2D eigenvalue weighted by molar-refractivity contribution is -0.105. The number of carbonyl (C=O) groups excluding carboxylic acids is 2. The summed E-state index contributed by atoms with van der Waals surface area (Å²) in [7, 11) is 2.07. The molecule has 2 aromatic heterocycles. The van der Waals surface area contributed by atoms with Gasteiger partial charge in [0.1, 0.15) is 30.0 Å². The number of aliphatic hydroxyl groups is 2. The third-order valence-electron chi connectivity index (χ3n) is 6.36. The third kappa shape index (κ3) is 9.59. The molecule has 42 heavy (non-hydrogen) atoms. The van der Waals surface area contributed by atoms with Gasteiger partial charge in [-0.2, -0.15) is 13.2 Å². The highest BCUT2D eigenvalue weighted by atomic mass is 19.4. The number of ether oxygens (including phenoxy) is 1. The molecular formula is C28H33F3N6O5. The highest BCUT2D eigenvalue weighted by Crippen LogP contribution is 2.37. The van der Waals surface area contributed by atoms with Gasteiger partial charge in [-0.05, 0) is 30.2 Å². The largest absolute Gasteiger partial charge is 0.491 e. The van der Waals surface area contributed by atoms with E-state index in [1.54, 1.807) is 6.07 Å². The monoisotopic (exact) mass is 590 g/mol.